The zero-order chi connectivity index (χ0) is 23.8. The first-order valence-corrected chi connectivity index (χ1v) is 12.4. The number of nitrogens with zero attached hydrogens (tertiary/aromatic N) is 1. The number of amides is 2. The lowest BCUT2D eigenvalue weighted by Crippen LogP contribution is -2.52. The minimum absolute atomic E-state index is 0.148. The van der Waals surface area contributed by atoms with Gasteiger partial charge in [0.25, 0.3) is 5.91 Å². The van der Waals surface area contributed by atoms with Gasteiger partial charge in [-0.15, -0.1) is 0 Å². The Morgan fingerprint density at radius 3 is 2.45 bits per heavy atom. The zero-order valence-electron chi connectivity index (χ0n) is 18.7. The summed E-state index contributed by atoms with van der Waals surface area (Å²) in [6.07, 6.45) is 5.82. The SMILES string of the molecule is CC[C@@H](C(=O)NC1CCCCC1)N(Cc1ccc(Cl)cc1Cl)C(=O)COc1cccc(Cl)c1. The fourth-order valence-corrected chi connectivity index (χ4v) is 4.73. The third-order valence-corrected chi connectivity index (χ3v) is 6.67. The summed E-state index contributed by atoms with van der Waals surface area (Å²) < 4.78 is 5.68. The van der Waals surface area contributed by atoms with Gasteiger partial charge in [0.1, 0.15) is 11.8 Å². The molecule has 8 heteroatoms. The van der Waals surface area contributed by atoms with Crippen LogP contribution in [0.5, 0.6) is 5.75 Å². The lowest BCUT2D eigenvalue weighted by atomic mass is 9.95. The van der Waals surface area contributed by atoms with Crippen molar-refractivity contribution >= 4 is 46.6 Å². The molecule has 0 saturated heterocycles. The molecule has 0 spiro atoms. The molecule has 0 aromatic heterocycles. The highest BCUT2D eigenvalue weighted by molar-refractivity contribution is 6.35. The van der Waals surface area contributed by atoms with Gasteiger partial charge in [-0.25, -0.2) is 0 Å². The van der Waals surface area contributed by atoms with E-state index in [-0.39, 0.29) is 31.0 Å². The van der Waals surface area contributed by atoms with E-state index in [1.54, 1.807) is 42.5 Å². The van der Waals surface area contributed by atoms with Crippen LogP contribution in [0, 0.1) is 0 Å². The molecule has 1 N–H and O–H groups in total. The van der Waals surface area contributed by atoms with Gasteiger partial charge >= 0.3 is 0 Å². The van der Waals surface area contributed by atoms with E-state index >= 15 is 0 Å². The number of halogens is 3. The maximum atomic E-state index is 13.3. The number of hydrogen-bond acceptors (Lipinski definition) is 3. The molecule has 0 unspecified atom stereocenters. The molecule has 3 rings (SSSR count). The second-order valence-electron chi connectivity index (χ2n) is 8.27. The Kier molecular flexibility index (Phi) is 9.72. The Morgan fingerprint density at radius 1 is 1.06 bits per heavy atom. The monoisotopic (exact) mass is 510 g/mol. The summed E-state index contributed by atoms with van der Waals surface area (Å²) in [5.41, 5.74) is 0.709. The standard InChI is InChI=1S/C25H29Cl3N2O3/c1-2-23(25(32)29-20-8-4-3-5-9-20)30(15-17-11-12-19(27)14-22(17)28)24(31)16-33-21-10-6-7-18(26)13-21/h6-7,10-14,20,23H,2-5,8-9,15-16H2,1H3,(H,29,32)/t23-/m0/s1. The zero-order valence-corrected chi connectivity index (χ0v) is 20.9. The summed E-state index contributed by atoms with van der Waals surface area (Å²) in [5.74, 6) is 0.0252. The largest absolute Gasteiger partial charge is 0.484 e. The molecule has 33 heavy (non-hydrogen) atoms. The van der Waals surface area contributed by atoms with E-state index in [2.05, 4.69) is 5.32 Å². The number of carbonyl (C=O) groups excluding carboxylic acids is 2. The molecule has 2 amide bonds. The van der Waals surface area contributed by atoms with Gasteiger partial charge in [0.05, 0.1) is 0 Å². The van der Waals surface area contributed by atoms with Crippen molar-refractivity contribution in [1.82, 2.24) is 10.2 Å². The number of rotatable bonds is 9. The van der Waals surface area contributed by atoms with Gasteiger partial charge in [-0.2, -0.15) is 0 Å². The van der Waals surface area contributed by atoms with Crippen LogP contribution in [-0.2, 0) is 16.1 Å². The average Bonchev–Trinajstić information content (AvgIpc) is 2.79. The van der Waals surface area contributed by atoms with Crippen molar-refractivity contribution in [3.05, 3.63) is 63.1 Å². The van der Waals surface area contributed by atoms with E-state index in [9.17, 15) is 9.59 Å². The molecule has 1 saturated carbocycles. The van der Waals surface area contributed by atoms with Crippen molar-refractivity contribution < 1.29 is 14.3 Å². The fraction of sp³-hybridized carbons (Fsp3) is 0.440. The molecule has 0 radical (unpaired) electrons. The van der Waals surface area contributed by atoms with Gasteiger partial charge in [-0.3, -0.25) is 9.59 Å². The molecule has 2 aromatic carbocycles. The van der Waals surface area contributed by atoms with E-state index in [0.29, 0.717) is 32.8 Å². The van der Waals surface area contributed by atoms with Gasteiger partial charge in [0.15, 0.2) is 6.61 Å². The van der Waals surface area contributed by atoms with E-state index in [0.717, 1.165) is 25.7 Å². The van der Waals surface area contributed by atoms with Crippen LogP contribution in [0.2, 0.25) is 15.1 Å². The maximum absolute atomic E-state index is 13.3. The first-order valence-electron chi connectivity index (χ1n) is 11.3. The van der Waals surface area contributed by atoms with Crippen LogP contribution < -0.4 is 10.1 Å². The second-order valence-corrected chi connectivity index (χ2v) is 9.55. The van der Waals surface area contributed by atoms with Crippen LogP contribution in [0.1, 0.15) is 51.0 Å². The second kappa shape index (κ2) is 12.5. The van der Waals surface area contributed by atoms with Gasteiger partial charge in [0, 0.05) is 27.7 Å². The molecule has 1 aliphatic rings. The quantitative estimate of drug-likeness (QED) is 0.431. The van der Waals surface area contributed by atoms with Crippen LogP contribution in [-0.4, -0.2) is 35.4 Å². The molecule has 0 bridgehead atoms. The predicted molar refractivity (Wildman–Crippen MR) is 133 cm³/mol. The van der Waals surface area contributed by atoms with Gasteiger partial charge in [-0.1, -0.05) is 73.1 Å². The molecule has 0 aliphatic heterocycles. The third kappa shape index (κ3) is 7.53. The van der Waals surface area contributed by atoms with Gasteiger partial charge in [-0.05, 0) is 55.2 Å². The molecule has 0 heterocycles. The van der Waals surface area contributed by atoms with Crippen LogP contribution in [0.4, 0.5) is 0 Å². The molecule has 178 valence electrons. The van der Waals surface area contributed by atoms with Crippen molar-refractivity contribution in [1.29, 1.82) is 0 Å². The summed E-state index contributed by atoms with van der Waals surface area (Å²) in [5, 5.41) is 4.62. The van der Waals surface area contributed by atoms with E-state index in [1.165, 1.54) is 11.3 Å². The van der Waals surface area contributed by atoms with Gasteiger partial charge < -0.3 is 15.0 Å². The normalized spacial score (nSPS) is 15.0. The minimum Gasteiger partial charge on any atom is -0.484 e. The number of nitrogens with one attached hydrogen (secondary N) is 1. The Labute approximate surface area is 210 Å². The summed E-state index contributed by atoms with van der Waals surface area (Å²) >= 11 is 18.4. The molecule has 1 fully saturated rings. The molecular weight excluding hydrogens is 483 g/mol. The highest BCUT2D eigenvalue weighted by atomic mass is 35.5. The van der Waals surface area contributed by atoms with E-state index in [1.807, 2.05) is 6.92 Å². The molecule has 1 atom stereocenters. The fourth-order valence-electron chi connectivity index (χ4n) is 4.08. The van der Waals surface area contributed by atoms with E-state index < -0.39 is 6.04 Å². The van der Waals surface area contributed by atoms with Gasteiger partial charge in [0.2, 0.25) is 5.91 Å². The average molecular weight is 512 g/mol. The topological polar surface area (TPSA) is 58.6 Å². The summed E-state index contributed by atoms with van der Waals surface area (Å²) in [7, 11) is 0. The number of hydrogen-bond donors (Lipinski definition) is 1. The first kappa shape index (κ1) is 25.7. The Bertz CT molecular complexity index is 964. The Balaban J connectivity index is 1.78. The number of carbonyl (C=O) groups is 2. The predicted octanol–water partition coefficient (Wildman–Crippen LogP) is 6.28. The smallest absolute Gasteiger partial charge is 0.261 e. The van der Waals surface area contributed by atoms with Crippen LogP contribution >= 0.6 is 34.8 Å². The molecular formula is C25H29Cl3N2O3. The summed E-state index contributed by atoms with van der Waals surface area (Å²) in [6, 6.07) is 11.5. The third-order valence-electron chi connectivity index (χ3n) is 5.85. The lowest BCUT2D eigenvalue weighted by Gasteiger charge is -2.33. The van der Waals surface area contributed by atoms with Crippen molar-refractivity contribution in [3.8, 4) is 5.75 Å². The summed E-state index contributed by atoms with van der Waals surface area (Å²) in [4.78, 5) is 28.1. The van der Waals surface area contributed by atoms with Crippen LogP contribution in [0.15, 0.2) is 42.5 Å². The Morgan fingerprint density at radius 2 is 1.79 bits per heavy atom. The van der Waals surface area contributed by atoms with Crippen LogP contribution in [0.25, 0.3) is 0 Å². The minimum atomic E-state index is -0.644. The number of benzene rings is 2. The molecule has 2 aromatic rings. The van der Waals surface area contributed by atoms with Crippen molar-refractivity contribution in [3.63, 3.8) is 0 Å². The molecule has 5 nitrogen and oxygen atoms in total. The van der Waals surface area contributed by atoms with Crippen molar-refractivity contribution in [2.75, 3.05) is 6.61 Å². The molecule has 1 aliphatic carbocycles. The summed E-state index contributed by atoms with van der Waals surface area (Å²) in [6.45, 7) is 1.84. The highest BCUT2D eigenvalue weighted by Gasteiger charge is 2.31. The Hall–Kier alpha value is -1.95. The number of ether oxygens (including phenoxy) is 1. The van der Waals surface area contributed by atoms with Crippen LogP contribution in [0.3, 0.4) is 0 Å². The highest BCUT2D eigenvalue weighted by Crippen LogP contribution is 2.25. The lowest BCUT2D eigenvalue weighted by molar-refractivity contribution is -0.143. The van der Waals surface area contributed by atoms with Crippen molar-refractivity contribution in [2.45, 2.75) is 64.1 Å². The van der Waals surface area contributed by atoms with Crippen molar-refractivity contribution in [2.24, 2.45) is 0 Å². The first-order chi connectivity index (χ1) is 15.9. The maximum Gasteiger partial charge on any atom is 0.261 e. The van der Waals surface area contributed by atoms with E-state index in [4.69, 9.17) is 39.5 Å².